The van der Waals surface area contributed by atoms with Crippen LogP contribution in [-0.2, 0) is 16.6 Å². The highest BCUT2D eigenvalue weighted by Crippen LogP contribution is 2.44. The van der Waals surface area contributed by atoms with Gasteiger partial charge in [0.05, 0.1) is 29.4 Å². The lowest BCUT2D eigenvalue weighted by Gasteiger charge is -2.46. The molecule has 1 saturated carbocycles. The number of carbonyl (C=O) groups is 2. The molecular weight excluding hydrogens is 555 g/mol. The first kappa shape index (κ1) is 27.6. The predicted octanol–water partition coefficient (Wildman–Crippen LogP) is 3.09. The third kappa shape index (κ3) is 6.00. The summed E-state index contributed by atoms with van der Waals surface area (Å²) >= 11 is 3.40. The topological polar surface area (TPSA) is 111 Å². The van der Waals surface area contributed by atoms with Crippen LogP contribution in [0.5, 0.6) is 0 Å². The van der Waals surface area contributed by atoms with E-state index in [2.05, 4.69) is 31.9 Å². The van der Waals surface area contributed by atoms with Crippen molar-refractivity contribution >= 4 is 27.7 Å². The van der Waals surface area contributed by atoms with Gasteiger partial charge in [-0.25, -0.2) is 0 Å². The number of halogens is 4. The van der Waals surface area contributed by atoms with E-state index >= 15 is 0 Å². The van der Waals surface area contributed by atoms with Crippen LogP contribution in [0.4, 0.5) is 13.2 Å². The summed E-state index contributed by atoms with van der Waals surface area (Å²) in [6.45, 7) is 0.145. The minimum Gasteiger partial charge on any atom is -0.389 e. The van der Waals surface area contributed by atoms with Gasteiger partial charge in [-0.1, -0.05) is 34.1 Å². The molecule has 11 heteroatoms. The zero-order chi connectivity index (χ0) is 26.8. The summed E-state index contributed by atoms with van der Waals surface area (Å²) in [5.41, 5.74) is -2.34. The van der Waals surface area contributed by atoms with Crippen molar-refractivity contribution in [2.24, 2.45) is 5.92 Å². The summed E-state index contributed by atoms with van der Waals surface area (Å²) in [6, 6.07) is 11.5. The third-order valence-corrected chi connectivity index (χ3v) is 8.04. The number of alkyl halides is 3. The second kappa shape index (κ2) is 10.7. The first-order chi connectivity index (χ1) is 17.4. The van der Waals surface area contributed by atoms with Gasteiger partial charge < -0.3 is 26.2 Å². The van der Waals surface area contributed by atoms with E-state index in [-0.39, 0.29) is 18.0 Å². The zero-order valence-corrected chi connectivity index (χ0v) is 21.5. The number of hydrogen-bond donors (Lipinski definition) is 5. The second-order valence-corrected chi connectivity index (χ2v) is 10.7. The average Bonchev–Trinajstić information content (AvgIpc) is 3.23. The molecule has 2 aromatic rings. The van der Waals surface area contributed by atoms with Gasteiger partial charge in [0.25, 0.3) is 5.91 Å². The normalized spacial score (nSPS) is 28.1. The lowest BCUT2D eigenvalue weighted by atomic mass is 9.67. The molecule has 2 fully saturated rings. The van der Waals surface area contributed by atoms with Gasteiger partial charge in [0.2, 0.25) is 5.91 Å². The summed E-state index contributed by atoms with van der Waals surface area (Å²) in [6.07, 6.45) is -3.44. The van der Waals surface area contributed by atoms with Crippen molar-refractivity contribution in [3.63, 3.8) is 0 Å². The van der Waals surface area contributed by atoms with Gasteiger partial charge in [0, 0.05) is 23.1 Å². The SMILES string of the molecule is O=C(CNC(=O)c1cccc(C(F)(F)F)c1)N[C@@]1(C2CCC(O)(c3ccc(Br)cc3)CC2)CNC[C@@H]1O. The Hall–Kier alpha value is -2.47. The van der Waals surface area contributed by atoms with Gasteiger partial charge >= 0.3 is 6.18 Å². The maximum Gasteiger partial charge on any atom is 0.416 e. The molecule has 0 bridgehead atoms. The van der Waals surface area contributed by atoms with Gasteiger partial charge in [-0.15, -0.1) is 0 Å². The number of carbonyl (C=O) groups excluding carboxylic acids is 2. The molecule has 1 saturated heterocycles. The minimum absolute atomic E-state index is 0.128. The average molecular weight is 584 g/mol. The molecule has 1 aliphatic heterocycles. The molecule has 0 spiro atoms. The Balaban J connectivity index is 1.39. The number of aliphatic hydroxyl groups excluding tert-OH is 1. The van der Waals surface area contributed by atoms with Gasteiger partial charge in [0.1, 0.15) is 0 Å². The first-order valence-electron chi connectivity index (χ1n) is 12.1. The summed E-state index contributed by atoms with van der Waals surface area (Å²) < 4.78 is 39.8. The van der Waals surface area contributed by atoms with Crippen molar-refractivity contribution in [1.29, 1.82) is 0 Å². The smallest absolute Gasteiger partial charge is 0.389 e. The van der Waals surface area contributed by atoms with Crippen LogP contribution in [0.25, 0.3) is 0 Å². The van der Waals surface area contributed by atoms with Crippen molar-refractivity contribution in [3.05, 3.63) is 69.7 Å². The molecular formula is C26H29BrF3N3O4. The number of hydrogen-bond acceptors (Lipinski definition) is 5. The van der Waals surface area contributed by atoms with Crippen LogP contribution < -0.4 is 16.0 Å². The van der Waals surface area contributed by atoms with Crippen molar-refractivity contribution in [2.45, 2.75) is 49.1 Å². The molecule has 7 nitrogen and oxygen atoms in total. The summed E-state index contributed by atoms with van der Waals surface area (Å²) in [5, 5.41) is 30.5. The molecule has 37 heavy (non-hydrogen) atoms. The molecule has 2 aliphatic rings. The van der Waals surface area contributed by atoms with Crippen LogP contribution in [0.3, 0.4) is 0 Å². The molecule has 2 amide bonds. The van der Waals surface area contributed by atoms with Crippen LogP contribution in [0.2, 0.25) is 0 Å². The van der Waals surface area contributed by atoms with Crippen molar-refractivity contribution in [3.8, 4) is 0 Å². The third-order valence-electron chi connectivity index (χ3n) is 7.51. The summed E-state index contributed by atoms with van der Waals surface area (Å²) in [4.78, 5) is 25.2. The molecule has 1 aliphatic carbocycles. The van der Waals surface area contributed by atoms with Crippen molar-refractivity contribution in [1.82, 2.24) is 16.0 Å². The Morgan fingerprint density at radius 3 is 2.38 bits per heavy atom. The van der Waals surface area contributed by atoms with Crippen LogP contribution in [0.1, 0.15) is 47.2 Å². The Morgan fingerprint density at radius 1 is 1.11 bits per heavy atom. The summed E-state index contributed by atoms with van der Waals surface area (Å²) in [7, 11) is 0. The van der Waals surface area contributed by atoms with E-state index in [0.717, 1.165) is 28.2 Å². The van der Waals surface area contributed by atoms with Crippen LogP contribution in [-0.4, -0.2) is 53.3 Å². The fourth-order valence-corrected chi connectivity index (χ4v) is 5.69. The highest BCUT2D eigenvalue weighted by molar-refractivity contribution is 9.10. The number of β-amino-alcohol motifs (C(OH)–C–C–N with tert-alkyl or cyclic N) is 1. The number of rotatable bonds is 6. The maximum absolute atomic E-state index is 12.9. The van der Waals surface area contributed by atoms with Gasteiger partial charge in [0.15, 0.2) is 0 Å². The minimum atomic E-state index is -4.59. The van der Waals surface area contributed by atoms with E-state index in [9.17, 15) is 33.0 Å². The highest BCUT2D eigenvalue weighted by Gasteiger charge is 2.51. The molecule has 0 unspecified atom stereocenters. The number of amides is 2. The largest absolute Gasteiger partial charge is 0.416 e. The molecule has 0 aromatic heterocycles. The fraction of sp³-hybridized carbons (Fsp3) is 0.462. The van der Waals surface area contributed by atoms with E-state index in [1.165, 1.54) is 6.07 Å². The molecule has 200 valence electrons. The van der Waals surface area contributed by atoms with E-state index in [4.69, 9.17) is 0 Å². The predicted molar refractivity (Wildman–Crippen MR) is 134 cm³/mol. The monoisotopic (exact) mass is 583 g/mol. The van der Waals surface area contributed by atoms with Gasteiger partial charge in [-0.05, 0) is 67.5 Å². The van der Waals surface area contributed by atoms with E-state index in [0.29, 0.717) is 32.2 Å². The van der Waals surface area contributed by atoms with Crippen LogP contribution in [0.15, 0.2) is 53.0 Å². The molecule has 2 atom stereocenters. The fourth-order valence-electron chi connectivity index (χ4n) is 5.42. The van der Waals surface area contributed by atoms with Crippen molar-refractivity contribution in [2.75, 3.05) is 19.6 Å². The molecule has 0 radical (unpaired) electrons. The van der Waals surface area contributed by atoms with E-state index in [1.807, 2.05) is 24.3 Å². The molecule has 4 rings (SSSR count). The van der Waals surface area contributed by atoms with E-state index in [1.54, 1.807) is 0 Å². The van der Waals surface area contributed by atoms with Crippen molar-refractivity contribution < 1.29 is 33.0 Å². The zero-order valence-electron chi connectivity index (χ0n) is 19.9. The quantitative estimate of drug-likeness (QED) is 0.359. The number of aliphatic hydroxyl groups is 2. The Morgan fingerprint density at radius 2 is 1.78 bits per heavy atom. The summed E-state index contributed by atoms with van der Waals surface area (Å²) in [5.74, 6) is -1.49. The van der Waals surface area contributed by atoms with Crippen LogP contribution >= 0.6 is 15.9 Å². The number of nitrogens with one attached hydrogen (secondary N) is 3. The highest BCUT2D eigenvalue weighted by atomic mass is 79.9. The maximum atomic E-state index is 12.9. The first-order valence-corrected chi connectivity index (χ1v) is 12.9. The standard InChI is InChI=1S/C26H29BrF3N3O4/c27-20-6-4-17(5-7-20)24(37)10-8-18(9-11-24)25(15-31-13-21(25)34)33-22(35)14-32-23(36)16-2-1-3-19(12-16)26(28,29)30/h1-7,12,18,21,31,34,37H,8-11,13-15H2,(H,32,36)(H,33,35)/t18?,21-,24?,25+/m0/s1. The van der Waals surface area contributed by atoms with E-state index < -0.39 is 47.3 Å². The Labute approximate surface area is 221 Å². The lowest BCUT2D eigenvalue weighted by Crippen LogP contribution is -2.63. The molecule has 5 N–H and O–H groups in total. The van der Waals surface area contributed by atoms with Crippen LogP contribution in [0, 0.1) is 5.92 Å². The van der Waals surface area contributed by atoms with Gasteiger partial charge in [-0.2, -0.15) is 13.2 Å². The Kier molecular flexibility index (Phi) is 7.99. The Bertz CT molecular complexity index is 1140. The molecule has 2 aromatic carbocycles. The molecule has 1 heterocycles. The second-order valence-electron chi connectivity index (χ2n) is 9.81. The number of benzene rings is 2. The van der Waals surface area contributed by atoms with Gasteiger partial charge in [-0.3, -0.25) is 9.59 Å². The lowest BCUT2D eigenvalue weighted by molar-refractivity contribution is -0.137.